The topological polar surface area (TPSA) is 153 Å². The number of para-hydroxylation sites is 1. The number of rotatable bonds is 6. The number of aromatic nitrogens is 1. The number of benzene rings is 3. The number of halogens is 2. The number of ether oxygens (including phenoxy) is 1. The summed E-state index contributed by atoms with van der Waals surface area (Å²) in [7, 11) is 0. The van der Waals surface area contributed by atoms with Crippen LogP contribution < -0.4 is 16.0 Å². The fourth-order valence-electron chi connectivity index (χ4n) is 5.97. The van der Waals surface area contributed by atoms with E-state index in [1.165, 1.54) is 41.3 Å². The molecule has 1 spiro atoms. The summed E-state index contributed by atoms with van der Waals surface area (Å²) in [5, 5.41) is 17.2. The average Bonchev–Trinajstić information content (AvgIpc) is 3.41. The normalized spacial score (nSPS) is 18.2. The number of amides is 4. The number of nitrogens with zero attached hydrogens (tertiary/aromatic N) is 1. The van der Waals surface area contributed by atoms with E-state index in [0.29, 0.717) is 13.0 Å². The molecule has 0 saturated carbocycles. The lowest BCUT2D eigenvalue weighted by Gasteiger charge is -2.45. The van der Waals surface area contributed by atoms with Crippen molar-refractivity contribution in [2.45, 2.75) is 30.9 Å². The molecule has 6 rings (SSSR count). The van der Waals surface area contributed by atoms with Crippen LogP contribution in [-0.4, -0.2) is 58.1 Å². The zero-order valence-corrected chi connectivity index (χ0v) is 23.9. The van der Waals surface area contributed by atoms with Gasteiger partial charge in [0, 0.05) is 41.3 Å². The van der Waals surface area contributed by atoms with Crippen molar-refractivity contribution in [3.8, 4) is 0 Å². The summed E-state index contributed by atoms with van der Waals surface area (Å²) in [6, 6.07) is 15.1. The van der Waals surface area contributed by atoms with Gasteiger partial charge in [0.2, 0.25) is 5.91 Å². The monoisotopic (exact) mass is 619 g/mol. The number of carbonyl (C=O) groups is 4. The molecule has 13 heteroatoms. The van der Waals surface area contributed by atoms with E-state index >= 15 is 4.39 Å². The molecule has 1 saturated heterocycles. The number of anilines is 2. The molecule has 44 heavy (non-hydrogen) atoms. The van der Waals surface area contributed by atoms with E-state index in [9.17, 15) is 19.2 Å². The van der Waals surface area contributed by atoms with Crippen molar-refractivity contribution >= 4 is 57.9 Å². The van der Waals surface area contributed by atoms with Crippen molar-refractivity contribution in [3.63, 3.8) is 0 Å². The van der Waals surface area contributed by atoms with Gasteiger partial charge in [-0.15, -0.1) is 0 Å². The van der Waals surface area contributed by atoms with Crippen molar-refractivity contribution in [3.05, 3.63) is 94.4 Å². The number of carboxylic acid groups (broad SMARTS) is 1. The molecule has 2 aliphatic heterocycles. The van der Waals surface area contributed by atoms with Gasteiger partial charge in [-0.1, -0.05) is 29.8 Å². The largest absolute Gasteiger partial charge is 0.465 e. The maximum atomic E-state index is 15.4. The summed E-state index contributed by atoms with van der Waals surface area (Å²) < 4.78 is 21.1. The summed E-state index contributed by atoms with van der Waals surface area (Å²) in [4.78, 5) is 55.7. The number of aromatic amines is 1. The third-order valence-electron chi connectivity index (χ3n) is 7.94. The van der Waals surface area contributed by atoms with E-state index in [1.54, 1.807) is 6.20 Å². The summed E-state index contributed by atoms with van der Waals surface area (Å²) >= 11 is 6.10. The Hall–Kier alpha value is -5.10. The molecule has 11 nitrogen and oxygen atoms in total. The highest BCUT2D eigenvalue weighted by Gasteiger charge is 2.49. The minimum absolute atomic E-state index is 0.0781. The predicted octanol–water partition coefficient (Wildman–Crippen LogP) is 5.47. The first-order valence-electron chi connectivity index (χ1n) is 13.9. The molecule has 4 aromatic rings. The molecule has 1 unspecified atom stereocenters. The van der Waals surface area contributed by atoms with Crippen molar-refractivity contribution in [1.82, 2.24) is 15.2 Å². The molecular weight excluding hydrogens is 593 g/mol. The number of likely N-dealkylation sites (tertiary alicyclic amines) is 1. The Bertz CT molecular complexity index is 1790. The maximum Gasteiger partial charge on any atom is 0.412 e. The highest BCUT2D eigenvalue weighted by molar-refractivity contribution is 6.31. The van der Waals surface area contributed by atoms with Gasteiger partial charge in [-0.2, -0.15) is 0 Å². The standard InChI is InChI=1S/C31H27ClFN5O6/c32-21-10-11-23-25(26(21)33)31(44-30(43)37-23)12-3-13-38(16-31)28(40)24(14-18-15-34-22-5-2-1-4-20(18)22)36-27(39)17-6-8-19(9-7-17)35-29(41)42/h1-2,4-11,15,24,34-35H,3,12-14,16H2,(H,36,39)(H,37,43)(H,41,42)/t24-,31?/m0/s1. The highest BCUT2D eigenvalue weighted by Crippen LogP contribution is 2.45. The second-order valence-corrected chi connectivity index (χ2v) is 11.2. The van der Waals surface area contributed by atoms with Gasteiger partial charge in [-0.3, -0.25) is 20.2 Å². The van der Waals surface area contributed by atoms with E-state index in [4.69, 9.17) is 21.4 Å². The van der Waals surface area contributed by atoms with Crippen LogP contribution in [0.3, 0.4) is 0 Å². The number of piperidine rings is 1. The van der Waals surface area contributed by atoms with Gasteiger partial charge in [0.15, 0.2) is 11.4 Å². The van der Waals surface area contributed by atoms with Gasteiger partial charge in [0.25, 0.3) is 5.91 Å². The van der Waals surface area contributed by atoms with Gasteiger partial charge in [0.05, 0.1) is 22.8 Å². The second kappa shape index (κ2) is 11.5. The van der Waals surface area contributed by atoms with E-state index in [-0.39, 0.29) is 46.9 Å². The molecule has 2 atom stereocenters. The van der Waals surface area contributed by atoms with Crippen molar-refractivity contribution in [1.29, 1.82) is 0 Å². The Labute approximate surface area is 255 Å². The Kier molecular flexibility index (Phi) is 7.60. The SMILES string of the molecule is O=C(O)Nc1ccc(C(=O)N[C@@H](Cc2c[nH]c3ccccc23)C(=O)N2CCCC3(C2)OC(=O)Nc2ccc(Cl)c(F)c23)cc1. The average molecular weight is 620 g/mol. The van der Waals surface area contributed by atoms with Crippen LogP contribution in [0.5, 0.6) is 0 Å². The van der Waals surface area contributed by atoms with Gasteiger partial charge in [-0.05, 0) is 60.9 Å². The molecule has 4 amide bonds. The van der Waals surface area contributed by atoms with Crippen LogP contribution in [0.2, 0.25) is 5.02 Å². The molecule has 0 aliphatic carbocycles. The molecule has 0 radical (unpaired) electrons. The predicted molar refractivity (Wildman–Crippen MR) is 160 cm³/mol. The summed E-state index contributed by atoms with van der Waals surface area (Å²) in [6.07, 6.45) is 0.576. The lowest BCUT2D eigenvalue weighted by molar-refractivity contribution is -0.141. The first-order chi connectivity index (χ1) is 21.1. The van der Waals surface area contributed by atoms with Crippen LogP contribution in [0.25, 0.3) is 10.9 Å². The Balaban J connectivity index is 1.31. The maximum absolute atomic E-state index is 15.4. The van der Waals surface area contributed by atoms with E-state index in [1.807, 2.05) is 24.3 Å². The van der Waals surface area contributed by atoms with Crippen LogP contribution in [0.4, 0.5) is 25.4 Å². The van der Waals surface area contributed by atoms with Crippen molar-refractivity contribution < 1.29 is 33.4 Å². The van der Waals surface area contributed by atoms with E-state index in [2.05, 4.69) is 20.9 Å². The molecule has 1 aromatic heterocycles. The van der Waals surface area contributed by atoms with Gasteiger partial charge in [-0.25, -0.2) is 14.0 Å². The van der Waals surface area contributed by atoms with Crippen LogP contribution in [0.15, 0.2) is 66.9 Å². The number of carbonyl (C=O) groups excluding carboxylic acids is 3. The highest BCUT2D eigenvalue weighted by atomic mass is 35.5. The molecule has 226 valence electrons. The van der Waals surface area contributed by atoms with Gasteiger partial charge < -0.3 is 25.0 Å². The zero-order valence-electron chi connectivity index (χ0n) is 23.2. The number of H-pyrrole nitrogens is 1. The number of hydrogen-bond donors (Lipinski definition) is 5. The molecule has 2 aliphatic rings. The number of nitrogens with one attached hydrogen (secondary N) is 4. The van der Waals surface area contributed by atoms with Crippen LogP contribution in [0, 0.1) is 5.82 Å². The summed E-state index contributed by atoms with van der Waals surface area (Å²) in [6.45, 7) is 0.151. The summed E-state index contributed by atoms with van der Waals surface area (Å²) in [5.41, 5.74) is 0.987. The minimum Gasteiger partial charge on any atom is -0.465 e. The Morgan fingerprint density at radius 3 is 2.66 bits per heavy atom. The Morgan fingerprint density at radius 2 is 1.89 bits per heavy atom. The minimum atomic E-state index is -1.47. The van der Waals surface area contributed by atoms with Crippen molar-refractivity contribution in [2.75, 3.05) is 23.7 Å². The quantitative estimate of drug-likeness (QED) is 0.193. The third-order valence-corrected chi connectivity index (χ3v) is 8.23. The fraction of sp³-hybridized carbons (Fsp3) is 0.226. The lowest BCUT2D eigenvalue weighted by atomic mass is 9.82. The molecule has 3 heterocycles. The lowest BCUT2D eigenvalue weighted by Crippen LogP contribution is -2.57. The van der Waals surface area contributed by atoms with Crippen LogP contribution in [0.1, 0.15) is 34.3 Å². The molecule has 1 fully saturated rings. The van der Waals surface area contributed by atoms with Gasteiger partial charge in [0.1, 0.15) is 6.04 Å². The molecular formula is C31H27ClFN5O6. The zero-order chi connectivity index (χ0) is 31.0. The Morgan fingerprint density at radius 1 is 1.11 bits per heavy atom. The van der Waals surface area contributed by atoms with E-state index < -0.39 is 41.5 Å². The first kappa shape index (κ1) is 29.0. The molecule has 0 bridgehead atoms. The second-order valence-electron chi connectivity index (χ2n) is 10.8. The fourth-order valence-corrected chi connectivity index (χ4v) is 6.13. The molecule has 3 aromatic carbocycles. The summed E-state index contributed by atoms with van der Waals surface area (Å²) in [5.74, 6) is -1.72. The van der Waals surface area contributed by atoms with Gasteiger partial charge >= 0.3 is 12.2 Å². The van der Waals surface area contributed by atoms with Crippen molar-refractivity contribution in [2.24, 2.45) is 0 Å². The first-order valence-corrected chi connectivity index (χ1v) is 14.2. The van der Waals surface area contributed by atoms with E-state index in [0.717, 1.165) is 16.5 Å². The molecule has 5 N–H and O–H groups in total. The van der Waals surface area contributed by atoms with Crippen LogP contribution in [-0.2, 0) is 21.6 Å². The smallest absolute Gasteiger partial charge is 0.412 e. The number of hydrogen-bond acceptors (Lipinski definition) is 5. The third kappa shape index (κ3) is 5.51. The number of fused-ring (bicyclic) bond motifs is 3. The van der Waals surface area contributed by atoms with Crippen LogP contribution >= 0.6 is 11.6 Å².